The summed E-state index contributed by atoms with van der Waals surface area (Å²) in [5.74, 6) is 0.689. The number of hydrogen-bond acceptors (Lipinski definition) is 3. The van der Waals surface area contributed by atoms with Gasteiger partial charge in [0.25, 0.3) is 0 Å². The molecule has 0 radical (unpaired) electrons. The van der Waals surface area contributed by atoms with E-state index in [2.05, 4.69) is 19.2 Å². The Morgan fingerprint density at radius 1 is 1.36 bits per heavy atom. The Balaban J connectivity index is 3.01. The molecule has 0 saturated carbocycles. The molecule has 0 heterocycles. The number of aliphatic hydroxyl groups is 2. The Morgan fingerprint density at radius 3 is 2.45 bits per heavy atom. The van der Waals surface area contributed by atoms with E-state index >= 15 is 0 Å². The summed E-state index contributed by atoms with van der Waals surface area (Å²) >= 11 is 0. The fourth-order valence-electron chi connectivity index (χ4n) is 0.724. The van der Waals surface area contributed by atoms with Crippen LogP contribution in [0.1, 0.15) is 20.3 Å². The van der Waals surface area contributed by atoms with E-state index in [1.54, 1.807) is 0 Å². The minimum Gasteiger partial charge on any atom is -0.394 e. The largest absolute Gasteiger partial charge is 0.394 e. The highest BCUT2D eigenvalue weighted by Gasteiger charge is 1.99. The fourth-order valence-corrected chi connectivity index (χ4v) is 0.724. The van der Waals surface area contributed by atoms with E-state index in [4.69, 9.17) is 10.2 Å². The van der Waals surface area contributed by atoms with Gasteiger partial charge in [0.2, 0.25) is 0 Å². The molecule has 1 atom stereocenters. The molecule has 0 aromatic heterocycles. The van der Waals surface area contributed by atoms with Crippen molar-refractivity contribution < 1.29 is 10.2 Å². The molecule has 0 spiro atoms. The van der Waals surface area contributed by atoms with Gasteiger partial charge in [0, 0.05) is 6.54 Å². The first-order valence-electron chi connectivity index (χ1n) is 4.16. The van der Waals surface area contributed by atoms with Crippen LogP contribution in [0.25, 0.3) is 0 Å². The lowest BCUT2D eigenvalue weighted by Crippen LogP contribution is -2.30. The fraction of sp³-hybridized carbons (Fsp3) is 1.00. The molecule has 0 amide bonds. The molecule has 0 fully saturated rings. The van der Waals surface area contributed by atoms with E-state index in [1.807, 2.05) is 0 Å². The molecule has 0 unspecified atom stereocenters. The molecule has 0 aliphatic carbocycles. The Labute approximate surface area is 68.4 Å². The van der Waals surface area contributed by atoms with E-state index in [0.29, 0.717) is 12.5 Å². The highest BCUT2D eigenvalue weighted by atomic mass is 16.3. The third-order valence-electron chi connectivity index (χ3n) is 1.49. The topological polar surface area (TPSA) is 52.5 Å². The maximum atomic E-state index is 8.91. The Morgan fingerprint density at radius 2 is 2.00 bits per heavy atom. The van der Waals surface area contributed by atoms with Gasteiger partial charge in [-0.2, -0.15) is 0 Å². The van der Waals surface area contributed by atoms with E-state index in [0.717, 1.165) is 13.0 Å². The van der Waals surface area contributed by atoms with E-state index in [1.165, 1.54) is 0 Å². The SMILES string of the molecule is CC(C)CCNC[C@@H](O)CO. The van der Waals surface area contributed by atoms with Crippen LogP contribution in [0.2, 0.25) is 0 Å². The van der Waals surface area contributed by atoms with Gasteiger partial charge in [-0.25, -0.2) is 0 Å². The molecule has 11 heavy (non-hydrogen) atoms. The lowest BCUT2D eigenvalue weighted by molar-refractivity contribution is 0.0943. The summed E-state index contributed by atoms with van der Waals surface area (Å²) in [6.07, 6.45) is 0.500. The second-order valence-corrected chi connectivity index (χ2v) is 3.22. The van der Waals surface area contributed by atoms with Crippen LogP contribution in [0.5, 0.6) is 0 Å². The van der Waals surface area contributed by atoms with Gasteiger partial charge in [-0.3, -0.25) is 0 Å². The minimum atomic E-state index is -0.609. The van der Waals surface area contributed by atoms with Gasteiger partial charge in [0.1, 0.15) is 0 Å². The van der Waals surface area contributed by atoms with Crippen LogP contribution in [0.3, 0.4) is 0 Å². The number of aliphatic hydroxyl groups excluding tert-OH is 2. The van der Waals surface area contributed by atoms with Gasteiger partial charge in [-0.15, -0.1) is 0 Å². The average Bonchev–Trinajstić information content (AvgIpc) is 1.97. The van der Waals surface area contributed by atoms with Crippen molar-refractivity contribution in [1.29, 1.82) is 0 Å². The number of hydrogen-bond donors (Lipinski definition) is 3. The molecular weight excluding hydrogens is 142 g/mol. The average molecular weight is 161 g/mol. The highest BCUT2D eigenvalue weighted by Crippen LogP contribution is 1.95. The quantitative estimate of drug-likeness (QED) is 0.480. The van der Waals surface area contributed by atoms with Gasteiger partial charge in [-0.05, 0) is 18.9 Å². The zero-order valence-corrected chi connectivity index (χ0v) is 7.38. The summed E-state index contributed by atoms with van der Waals surface area (Å²) in [6, 6.07) is 0. The molecule has 0 aromatic rings. The monoisotopic (exact) mass is 161 g/mol. The second-order valence-electron chi connectivity index (χ2n) is 3.22. The molecule has 0 aliphatic rings. The first kappa shape index (κ1) is 10.9. The van der Waals surface area contributed by atoms with Gasteiger partial charge < -0.3 is 15.5 Å². The van der Waals surface area contributed by atoms with Gasteiger partial charge in [-0.1, -0.05) is 13.8 Å². The van der Waals surface area contributed by atoms with E-state index in [-0.39, 0.29) is 6.61 Å². The first-order chi connectivity index (χ1) is 5.16. The molecule has 3 nitrogen and oxygen atoms in total. The van der Waals surface area contributed by atoms with Crippen LogP contribution >= 0.6 is 0 Å². The minimum absolute atomic E-state index is 0.158. The molecule has 0 bridgehead atoms. The van der Waals surface area contributed by atoms with Crippen LogP contribution in [-0.4, -0.2) is 36.0 Å². The number of rotatable bonds is 6. The van der Waals surface area contributed by atoms with Crippen molar-refractivity contribution in [2.45, 2.75) is 26.4 Å². The van der Waals surface area contributed by atoms with E-state index < -0.39 is 6.10 Å². The zero-order chi connectivity index (χ0) is 8.69. The van der Waals surface area contributed by atoms with Crippen molar-refractivity contribution in [3.05, 3.63) is 0 Å². The standard InChI is InChI=1S/C8H19NO2/c1-7(2)3-4-9-5-8(11)6-10/h7-11H,3-6H2,1-2H3/t8-/m1/s1. The van der Waals surface area contributed by atoms with Crippen molar-refractivity contribution in [2.75, 3.05) is 19.7 Å². The molecule has 68 valence electrons. The Bertz CT molecular complexity index is 86.2. The summed E-state index contributed by atoms with van der Waals surface area (Å²) < 4.78 is 0. The van der Waals surface area contributed by atoms with Crippen LogP contribution in [0.15, 0.2) is 0 Å². The summed E-state index contributed by atoms with van der Waals surface area (Å²) in [6.45, 7) is 5.56. The predicted molar refractivity (Wildman–Crippen MR) is 45.4 cm³/mol. The Kier molecular flexibility index (Phi) is 6.51. The number of nitrogens with one attached hydrogen (secondary N) is 1. The van der Waals surface area contributed by atoms with Crippen LogP contribution in [-0.2, 0) is 0 Å². The molecule has 3 heteroatoms. The van der Waals surface area contributed by atoms with Crippen LogP contribution in [0, 0.1) is 5.92 Å². The van der Waals surface area contributed by atoms with Gasteiger partial charge >= 0.3 is 0 Å². The van der Waals surface area contributed by atoms with Crippen molar-refractivity contribution in [2.24, 2.45) is 5.92 Å². The van der Waals surface area contributed by atoms with Crippen molar-refractivity contribution in [3.63, 3.8) is 0 Å². The molecule has 0 rings (SSSR count). The van der Waals surface area contributed by atoms with Crippen LogP contribution < -0.4 is 5.32 Å². The van der Waals surface area contributed by atoms with Crippen molar-refractivity contribution >= 4 is 0 Å². The van der Waals surface area contributed by atoms with Crippen molar-refractivity contribution in [3.8, 4) is 0 Å². The lowest BCUT2D eigenvalue weighted by atomic mass is 10.1. The maximum absolute atomic E-state index is 8.91. The zero-order valence-electron chi connectivity index (χ0n) is 7.38. The summed E-state index contributed by atoms with van der Waals surface area (Å²) in [4.78, 5) is 0. The van der Waals surface area contributed by atoms with E-state index in [9.17, 15) is 0 Å². The van der Waals surface area contributed by atoms with Crippen molar-refractivity contribution in [1.82, 2.24) is 5.32 Å². The first-order valence-corrected chi connectivity index (χ1v) is 4.16. The molecular formula is C8H19NO2. The van der Waals surface area contributed by atoms with Gasteiger partial charge in [0.15, 0.2) is 0 Å². The smallest absolute Gasteiger partial charge is 0.0894 e. The normalized spacial score (nSPS) is 13.9. The summed E-state index contributed by atoms with van der Waals surface area (Å²) in [7, 11) is 0. The second kappa shape index (κ2) is 6.58. The molecule has 3 N–H and O–H groups in total. The third-order valence-corrected chi connectivity index (χ3v) is 1.49. The summed E-state index contributed by atoms with van der Waals surface area (Å²) in [5.41, 5.74) is 0. The molecule has 0 saturated heterocycles. The predicted octanol–water partition coefficient (Wildman–Crippen LogP) is -0.0247. The van der Waals surface area contributed by atoms with Gasteiger partial charge in [0.05, 0.1) is 12.7 Å². The third kappa shape index (κ3) is 7.78. The Hall–Kier alpha value is -0.120. The van der Waals surface area contributed by atoms with Crippen LogP contribution in [0.4, 0.5) is 0 Å². The maximum Gasteiger partial charge on any atom is 0.0894 e. The summed E-state index contributed by atoms with van der Waals surface area (Å²) in [5, 5.41) is 20.4. The molecule has 0 aliphatic heterocycles. The highest BCUT2D eigenvalue weighted by molar-refractivity contribution is 4.57. The molecule has 0 aromatic carbocycles. The lowest BCUT2D eigenvalue weighted by Gasteiger charge is -2.09.